The number of likely N-dealkylation sites (tertiary alicyclic amines) is 2. The molecule has 0 atom stereocenters. The maximum Gasteiger partial charge on any atom is 0.323 e. The molecule has 8 heteroatoms. The minimum Gasteiger partial charge on any atom is -0.495 e. The molecule has 7 nitrogen and oxygen atoms in total. The first kappa shape index (κ1) is 20.3. The molecular weight excluding hydrogens is 412 g/mol. The molecule has 2 aromatic heterocycles. The first-order chi connectivity index (χ1) is 15.1. The fraction of sp³-hybridized carbons (Fsp3) is 0.478. The van der Waals surface area contributed by atoms with E-state index in [4.69, 9.17) is 4.74 Å². The number of carbonyl (C=O) groups excluding carboxylic acids is 1. The van der Waals surface area contributed by atoms with Crippen LogP contribution in [0.25, 0.3) is 11.0 Å². The van der Waals surface area contributed by atoms with E-state index in [9.17, 15) is 9.59 Å². The number of methoxy groups -OCH3 is 1. The number of carbonyl (C=O) groups is 1. The second-order valence-electron chi connectivity index (χ2n) is 8.54. The number of aromatic nitrogens is 2. The minimum atomic E-state index is -0.149. The molecule has 2 aliphatic heterocycles. The minimum absolute atomic E-state index is 0.0993. The van der Waals surface area contributed by atoms with Gasteiger partial charge in [0.2, 0.25) is 0 Å². The van der Waals surface area contributed by atoms with Crippen molar-refractivity contribution in [1.29, 1.82) is 0 Å². The van der Waals surface area contributed by atoms with Crippen molar-refractivity contribution in [2.24, 2.45) is 0 Å². The van der Waals surface area contributed by atoms with Gasteiger partial charge in [0, 0.05) is 19.1 Å². The highest BCUT2D eigenvalue weighted by atomic mass is 32.1. The molecule has 1 amide bonds. The lowest BCUT2D eigenvalue weighted by Gasteiger charge is -2.42. The summed E-state index contributed by atoms with van der Waals surface area (Å²) in [6, 6.07) is 8.69. The van der Waals surface area contributed by atoms with Gasteiger partial charge in [-0.3, -0.25) is 4.79 Å². The topological polar surface area (TPSA) is 81.4 Å². The van der Waals surface area contributed by atoms with Gasteiger partial charge in [0.1, 0.15) is 10.6 Å². The van der Waals surface area contributed by atoms with Gasteiger partial charge in [0.05, 0.1) is 18.1 Å². The van der Waals surface area contributed by atoms with E-state index >= 15 is 0 Å². The van der Waals surface area contributed by atoms with Crippen molar-refractivity contribution in [3.05, 3.63) is 50.6 Å². The summed E-state index contributed by atoms with van der Waals surface area (Å²) in [7, 11) is 1.62. The molecule has 31 heavy (non-hydrogen) atoms. The highest BCUT2D eigenvalue weighted by molar-refractivity contribution is 7.12. The number of ether oxygens (including phenoxy) is 1. The standard InChI is InChI=1S/C23H28N4O3S/c1-30-20-8-13-31-21(20)22(28)27-11-6-17(7-12-27)26-9-4-15(5-10-26)16-2-3-18-19(14-16)25-23(29)24-18/h2-3,8,13-15,17H,4-7,9-12H2,1H3,(H2,24,25,29). The van der Waals surface area contributed by atoms with Crippen molar-refractivity contribution in [2.75, 3.05) is 33.3 Å². The van der Waals surface area contributed by atoms with Crippen LogP contribution < -0.4 is 10.4 Å². The van der Waals surface area contributed by atoms with Gasteiger partial charge in [-0.05, 0) is 73.8 Å². The van der Waals surface area contributed by atoms with E-state index in [0.29, 0.717) is 22.6 Å². The molecule has 0 bridgehead atoms. The summed E-state index contributed by atoms with van der Waals surface area (Å²) in [5.74, 6) is 1.32. The van der Waals surface area contributed by atoms with Crippen LogP contribution in [0.4, 0.5) is 0 Å². The van der Waals surface area contributed by atoms with Crippen molar-refractivity contribution in [1.82, 2.24) is 19.8 Å². The number of hydrogen-bond donors (Lipinski definition) is 2. The van der Waals surface area contributed by atoms with Crippen molar-refractivity contribution in [2.45, 2.75) is 37.6 Å². The number of H-pyrrole nitrogens is 2. The number of thiophene rings is 1. The molecule has 5 rings (SSSR count). The number of aromatic amines is 2. The Hall–Kier alpha value is -2.58. The van der Waals surface area contributed by atoms with Gasteiger partial charge < -0.3 is 24.5 Å². The van der Waals surface area contributed by atoms with E-state index in [1.807, 2.05) is 22.4 Å². The molecule has 2 fully saturated rings. The van der Waals surface area contributed by atoms with Crippen LogP contribution in [-0.4, -0.2) is 65.0 Å². The summed E-state index contributed by atoms with van der Waals surface area (Å²) in [5, 5.41) is 1.91. The van der Waals surface area contributed by atoms with Gasteiger partial charge in [0.15, 0.2) is 0 Å². The monoisotopic (exact) mass is 440 g/mol. The summed E-state index contributed by atoms with van der Waals surface area (Å²) in [5.41, 5.74) is 2.93. The van der Waals surface area contributed by atoms with E-state index in [-0.39, 0.29) is 11.6 Å². The first-order valence-corrected chi connectivity index (χ1v) is 11.9. The van der Waals surface area contributed by atoms with Crippen molar-refractivity contribution >= 4 is 28.3 Å². The number of fused-ring (bicyclic) bond motifs is 1. The van der Waals surface area contributed by atoms with Crippen LogP contribution in [-0.2, 0) is 0 Å². The molecule has 0 aliphatic carbocycles. The molecular formula is C23H28N4O3S. The SMILES string of the molecule is COc1ccsc1C(=O)N1CCC(N2CCC(c3ccc4[nH]c(=O)[nH]c4c3)CC2)CC1. The molecule has 0 radical (unpaired) electrons. The third kappa shape index (κ3) is 4.02. The van der Waals surface area contributed by atoms with Crippen LogP contribution in [0.2, 0.25) is 0 Å². The highest BCUT2D eigenvalue weighted by Crippen LogP contribution is 2.32. The highest BCUT2D eigenvalue weighted by Gasteiger charge is 2.31. The Balaban J connectivity index is 1.15. The lowest BCUT2D eigenvalue weighted by molar-refractivity contribution is 0.0580. The molecule has 2 N–H and O–H groups in total. The van der Waals surface area contributed by atoms with Crippen LogP contribution in [0.1, 0.15) is 46.8 Å². The number of hydrogen-bond acceptors (Lipinski definition) is 5. The number of piperidine rings is 2. The maximum absolute atomic E-state index is 12.8. The second kappa shape index (κ2) is 8.51. The second-order valence-corrected chi connectivity index (χ2v) is 9.45. The zero-order valence-corrected chi connectivity index (χ0v) is 18.5. The van der Waals surface area contributed by atoms with E-state index in [0.717, 1.165) is 62.9 Å². The lowest BCUT2D eigenvalue weighted by atomic mass is 9.88. The van der Waals surface area contributed by atoms with Gasteiger partial charge in [-0.2, -0.15) is 0 Å². The number of amides is 1. The molecule has 2 saturated heterocycles. The van der Waals surface area contributed by atoms with Crippen LogP contribution in [0.5, 0.6) is 5.75 Å². The van der Waals surface area contributed by atoms with Gasteiger partial charge in [0.25, 0.3) is 5.91 Å². The molecule has 2 aliphatic rings. The average molecular weight is 441 g/mol. The van der Waals surface area contributed by atoms with Crippen molar-refractivity contribution in [3.8, 4) is 5.75 Å². The summed E-state index contributed by atoms with van der Waals surface area (Å²) in [6.07, 6.45) is 4.32. The summed E-state index contributed by atoms with van der Waals surface area (Å²) >= 11 is 1.46. The molecule has 4 heterocycles. The fourth-order valence-electron chi connectivity index (χ4n) is 5.09. The van der Waals surface area contributed by atoms with Gasteiger partial charge in [-0.15, -0.1) is 11.3 Å². The number of imidazole rings is 1. The normalized spacial score (nSPS) is 19.2. The van der Waals surface area contributed by atoms with Crippen LogP contribution in [0, 0.1) is 0 Å². The Bertz CT molecular complexity index is 1120. The Morgan fingerprint density at radius 3 is 2.52 bits per heavy atom. The number of benzene rings is 1. The van der Waals surface area contributed by atoms with E-state index < -0.39 is 0 Å². The maximum atomic E-state index is 12.8. The molecule has 1 aromatic carbocycles. The van der Waals surface area contributed by atoms with Gasteiger partial charge in [-0.1, -0.05) is 6.07 Å². The zero-order valence-electron chi connectivity index (χ0n) is 17.7. The first-order valence-electron chi connectivity index (χ1n) is 11.0. The number of rotatable bonds is 4. The van der Waals surface area contributed by atoms with Crippen molar-refractivity contribution < 1.29 is 9.53 Å². The predicted molar refractivity (Wildman–Crippen MR) is 122 cm³/mol. The summed E-state index contributed by atoms with van der Waals surface area (Å²) in [4.78, 5) is 35.3. The molecule has 0 spiro atoms. The van der Waals surface area contributed by atoms with Crippen LogP contribution >= 0.6 is 11.3 Å². The molecule has 3 aromatic rings. The third-order valence-electron chi connectivity index (χ3n) is 6.85. The molecule has 164 valence electrons. The quantitative estimate of drug-likeness (QED) is 0.651. The summed E-state index contributed by atoms with van der Waals surface area (Å²) in [6.45, 7) is 3.79. The average Bonchev–Trinajstić information content (AvgIpc) is 3.43. The lowest BCUT2D eigenvalue weighted by Crippen LogP contribution is -2.48. The van der Waals surface area contributed by atoms with Gasteiger partial charge >= 0.3 is 5.69 Å². The Kier molecular flexibility index (Phi) is 5.58. The van der Waals surface area contributed by atoms with Gasteiger partial charge in [-0.25, -0.2) is 4.79 Å². The van der Waals surface area contributed by atoms with Crippen molar-refractivity contribution in [3.63, 3.8) is 0 Å². The summed E-state index contributed by atoms with van der Waals surface area (Å²) < 4.78 is 5.32. The Morgan fingerprint density at radius 2 is 1.77 bits per heavy atom. The van der Waals surface area contributed by atoms with E-state index in [1.54, 1.807) is 7.11 Å². The number of nitrogens with zero attached hydrogens (tertiary/aromatic N) is 2. The zero-order chi connectivity index (χ0) is 21.4. The smallest absolute Gasteiger partial charge is 0.323 e. The van der Waals surface area contributed by atoms with Crippen LogP contribution in [0.3, 0.4) is 0 Å². The molecule has 0 unspecified atom stereocenters. The Labute approximate surface area is 185 Å². The Morgan fingerprint density at radius 1 is 1.03 bits per heavy atom. The van der Waals surface area contributed by atoms with E-state index in [2.05, 4.69) is 27.0 Å². The van der Waals surface area contributed by atoms with E-state index in [1.165, 1.54) is 16.9 Å². The number of nitrogens with one attached hydrogen (secondary N) is 2. The fourth-order valence-corrected chi connectivity index (χ4v) is 5.92. The third-order valence-corrected chi connectivity index (χ3v) is 7.74. The predicted octanol–water partition coefficient (Wildman–Crippen LogP) is 3.41. The largest absolute Gasteiger partial charge is 0.495 e. The van der Waals surface area contributed by atoms with Crippen LogP contribution in [0.15, 0.2) is 34.4 Å². The molecule has 0 saturated carbocycles.